The Morgan fingerprint density at radius 1 is 1.04 bits per heavy atom. The van der Waals surface area contributed by atoms with E-state index in [-0.39, 0.29) is 10.5 Å². The predicted octanol–water partition coefficient (Wildman–Crippen LogP) is 2.70. The summed E-state index contributed by atoms with van der Waals surface area (Å²) in [6.45, 7) is 0. The molecule has 3 aromatic rings. The molecule has 1 aromatic heterocycles. The van der Waals surface area contributed by atoms with Crippen molar-refractivity contribution in [1.29, 1.82) is 0 Å². The van der Waals surface area contributed by atoms with E-state index in [9.17, 15) is 13.2 Å². The van der Waals surface area contributed by atoms with E-state index < -0.39 is 16.0 Å². The fraction of sp³-hybridized carbons (Fsp3) is 0.111. The number of sulfonamides is 1. The van der Waals surface area contributed by atoms with Crippen LogP contribution in [0.25, 0.3) is 10.9 Å². The van der Waals surface area contributed by atoms with Crippen LogP contribution in [0.1, 0.15) is 10.4 Å². The summed E-state index contributed by atoms with van der Waals surface area (Å²) in [6.07, 6.45) is 1.62. The van der Waals surface area contributed by atoms with Gasteiger partial charge in [-0.3, -0.25) is 4.98 Å². The van der Waals surface area contributed by atoms with Crippen molar-refractivity contribution >= 4 is 26.9 Å². The van der Waals surface area contributed by atoms with E-state index in [0.29, 0.717) is 11.3 Å². The van der Waals surface area contributed by atoms with Gasteiger partial charge in [0.2, 0.25) is 10.0 Å². The second kappa shape index (κ2) is 6.62. The molecule has 0 radical (unpaired) electrons. The third-order valence-electron chi connectivity index (χ3n) is 3.65. The van der Waals surface area contributed by atoms with Crippen molar-refractivity contribution in [2.45, 2.75) is 4.90 Å². The van der Waals surface area contributed by atoms with Crippen molar-refractivity contribution in [2.75, 3.05) is 14.1 Å². The van der Waals surface area contributed by atoms with E-state index in [0.717, 1.165) is 9.69 Å². The number of carbonyl (C=O) groups excluding carboxylic acids is 1. The molecule has 0 bridgehead atoms. The first-order chi connectivity index (χ1) is 11.9. The first-order valence-corrected chi connectivity index (χ1v) is 8.92. The number of hydrogen-bond donors (Lipinski definition) is 0. The summed E-state index contributed by atoms with van der Waals surface area (Å²) in [4.78, 5) is 16.7. The molecule has 0 aliphatic rings. The molecule has 0 fully saturated rings. The number of benzene rings is 2. The molecular formula is C18H16N2O4S. The van der Waals surface area contributed by atoms with Crippen LogP contribution in [-0.4, -0.2) is 37.8 Å². The fourth-order valence-corrected chi connectivity index (χ4v) is 3.26. The topological polar surface area (TPSA) is 76.6 Å². The van der Waals surface area contributed by atoms with Crippen molar-refractivity contribution in [2.24, 2.45) is 0 Å². The van der Waals surface area contributed by atoms with Gasteiger partial charge in [-0.05, 0) is 30.3 Å². The second-order valence-corrected chi connectivity index (χ2v) is 7.69. The summed E-state index contributed by atoms with van der Waals surface area (Å²) >= 11 is 0. The van der Waals surface area contributed by atoms with Crippen LogP contribution in [0.4, 0.5) is 0 Å². The average Bonchev–Trinajstić information content (AvgIpc) is 2.62. The number of ether oxygens (including phenoxy) is 1. The average molecular weight is 356 g/mol. The van der Waals surface area contributed by atoms with E-state index in [1.807, 2.05) is 12.1 Å². The van der Waals surface area contributed by atoms with Crippen LogP contribution in [0.15, 0.2) is 65.7 Å². The van der Waals surface area contributed by atoms with Gasteiger partial charge in [0, 0.05) is 25.7 Å². The molecule has 0 unspecified atom stereocenters. The van der Waals surface area contributed by atoms with Crippen molar-refractivity contribution in [3.8, 4) is 5.75 Å². The van der Waals surface area contributed by atoms with Gasteiger partial charge >= 0.3 is 5.97 Å². The molecule has 0 spiro atoms. The minimum atomic E-state index is -3.63. The van der Waals surface area contributed by atoms with Gasteiger partial charge in [-0.25, -0.2) is 17.5 Å². The minimum absolute atomic E-state index is 0.0306. The lowest BCUT2D eigenvalue weighted by Gasteiger charge is -2.12. The molecule has 3 rings (SSSR count). The molecule has 0 aliphatic heterocycles. The fourth-order valence-electron chi connectivity index (χ4n) is 2.31. The zero-order chi connectivity index (χ0) is 18.0. The molecule has 0 N–H and O–H groups in total. The number of nitrogens with zero attached hydrogens (tertiary/aromatic N) is 2. The molecule has 6 nitrogen and oxygen atoms in total. The Morgan fingerprint density at radius 3 is 2.52 bits per heavy atom. The molecule has 0 saturated heterocycles. The zero-order valence-electron chi connectivity index (χ0n) is 13.7. The number of aromatic nitrogens is 1. The lowest BCUT2D eigenvalue weighted by atomic mass is 10.2. The largest absolute Gasteiger partial charge is 0.421 e. The Bertz CT molecular complexity index is 1040. The van der Waals surface area contributed by atoms with Crippen molar-refractivity contribution in [3.05, 3.63) is 66.4 Å². The van der Waals surface area contributed by atoms with Crippen molar-refractivity contribution in [3.63, 3.8) is 0 Å². The molecule has 7 heteroatoms. The highest BCUT2D eigenvalue weighted by molar-refractivity contribution is 7.89. The first-order valence-electron chi connectivity index (χ1n) is 7.48. The quantitative estimate of drug-likeness (QED) is 0.531. The molecule has 2 aromatic carbocycles. The monoisotopic (exact) mass is 356 g/mol. The number of fused-ring (bicyclic) bond motifs is 1. The van der Waals surface area contributed by atoms with Gasteiger partial charge in [0.05, 0.1) is 10.5 Å². The number of rotatable bonds is 4. The van der Waals surface area contributed by atoms with Gasteiger partial charge in [0.15, 0.2) is 5.75 Å². The minimum Gasteiger partial charge on any atom is -0.421 e. The van der Waals surface area contributed by atoms with Gasteiger partial charge in [-0.2, -0.15) is 0 Å². The summed E-state index contributed by atoms with van der Waals surface area (Å²) < 4.78 is 30.9. The van der Waals surface area contributed by atoms with Gasteiger partial charge in [-0.15, -0.1) is 0 Å². The van der Waals surface area contributed by atoms with E-state index in [1.165, 1.54) is 38.4 Å². The maximum Gasteiger partial charge on any atom is 0.343 e. The van der Waals surface area contributed by atoms with Gasteiger partial charge < -0.3 is 4.74 Å². The Morgan fingerprint density at radius 2 is 1.76 bits per heavy atom. The van der Waals surface area contributed by atoms with Gasteiger partial charge in [0.25, 0.3) is 0 Å². The molecule has 1 heterocycles. The van der Waals surface area contributed by atoms with Crippen LogP contribution in [0.5, 0.6) is 5.75 Å². The van der Waals surface area contributed by atoms with E-state index in [4.69, 9.17) is 4.74 Å². The number of pyridine rings is 1. The Hall–Kier alpha value is -2.77. The van der Waals surface area contributed by atoms with Crippen molar-refractivity contribution < 1.29 is 17.9 Å². The van der Waals surface area contributed by atoms with Crippen LogP contribution >= 0.6 is 0 Å². The molecular weight excluding hydrogens is 340 g/mol. The summed E-state index contributed by atoms with van der Waals surface area (Å²) in [5.74, 6) is -0.321. The zero-order valence-corrected chi connectivity index (χ0v) is 14.5. The van der Waals surface area contributed by atoms with Crippen LogP contribution < -0.4 is 4.74 Å². The molecule has 25 heavy (non-hydrogen) atoms. The molecule has 0 atom stereocenters. The molecule has 0 aliphatic carbocycles. The number of esters is 1. The number of hydrogen-bond acceptors (Lipinski definition) is 5. The highest BCUT2D eigenvalue weighted by Gasteiger charge is 2.19. The maximum absolute atomic E-state index is 12.4. The van der Waals surface area contributed by atoms with E-state index in [2.05, 4.69) is 4.98 Å². The van der Waals surface area contributed by atoms with Crippen molar-refractivity contribution in [1.82, 2.24) is 9.29 Å². The summed E-state index contributed by atoms with van der Waals surface area (Å²) in [5, 5.41) is 0.844. The lowest BCUT2D eigenvalue weighted by Crippen LogP contribution is -2.22. The van der Waals surface area contributed by atoms with Crippen LogP contribution in [0.2, 0.25) is 0 Å². The molecule has 128 valence electrons. The smallest absolute Gasteiger partial charge is 0.343 e. The highest BCUT2D eigenvalue weighted by Crippen LogP contribution is 2.24. The SMILES string of the molecule is CN(C)S(=O)(=O)c1cccc(C(=O)Oc2cccc3cccnc23)c1. The standard InChI is InChI=1S/C18H16N2O4S/c1-20(2)25(22,23)15-9-3-7-14(12-15)18(21)24-16-10-4-6-13-8-5-11-19-17(13)16/h3-12H,1-2H3. The third-order valence-corrected chi connectivity index (χ3v) is 5.46. The number of para-hydroxylation sites is 1. The third kappa shape index (κ3) is 3.38. The van der Waals surface area contributed by atoms with E-state index in [1.54, 1.807) is 24.4 Å². The highest BCUT2D eigenvalue weighted by atomic mass is 32.2. The molecule has 0 amide bonds. The Labute approximate surface area is 145 Å². The van der Waals surface area contributed by atoms with E-state index >= 15 is 0 Å². The Kier molecular flexibility index (Phi) is 4.52. The number of carbonyl (C=O) groups is 1. The summed E-state index contributed by atoms with van der Waals surface area (Å²) in [6, 6.07) is 14.7. The predicted molar refractivity (Wildman–Crippen MR) is 94.0 cm³/mol. The van der Waals surface area contributed by atoms with Gasteiger partial charge in [-0.1, -0.05) is 24.3 Å². The lowest BCUT2D eigenvalue weighted by molar-refractivity contribution is 0.0736. The van der Waals surface area contributed by atoms with Gasteiger partial charge in [0.1, 0.15) is 5.52 Å². The maximum atomic E-state index is 12.4. The second-order valence-electron chi connectivity index (χ2n) is 5.54. The van der Waals surface area contributed by atoms with Crippen LogP contribution in [-0.2, 0) is 10.0 Å². The molecule has 0 saturated carbocycles. The summed E-state index contributed by atoms with van der Waals surface area (Å²) in [5.41, 5.74) is 0.714. The normalized spacial score (nSPS) is 11.6. The Balaban J connectivity index is 1.94. The summed E-state index contributed by atoms with van der Waals surface area (Å²) in [7, 11) is -0.762. The van der Waals surface area contributed by atoms with Crippen LogP contribution in [0, 0.1) is 0 Å². The van der Waals surface area contributed by atoms with Crippen LogP contribution in [0.3, 0.4) is 0 Å². The first kappa shape index (κ1) is 17.1.